The monoisotopic (exact) mass is 384 g/mol. The van der Waals surface area contributed by atoms with E-state index in [9.17, 15) is 10.1 Å². The number of amidine groups is 1. The molecular formula is C21H16N6O2. The molecule has 8 heteroatoms. The fourth-order valence-electron chi connectivity index (χ4n) is 2.71. The van der Waals surface area contributed by atoms with E-state index in [1.165, 1.54) is 18.3 Å². The predicted octanol–water partition coefficient (Wildman–Crippen LogP) is 4.17. The zero-order valence-corrected chi connectivity index (χ0v) is 15.2. The van der Waals surface area contributed by atoms with Gasteiger partial charge in [-0.05, 0) is 24.3 Å². The Morgan fingerprint density at radius 3 is 2.62 bits per heavy atom. The van der Waals surface area contributed by atoms with Crippen molar-refractivity contribution >= 4 is 34.5 Å². The van der Waals surface area contributed by atoms with Crippen molar-refractivity contribution in [3.8, 4) is 0 Å². The third kappa shape index (κ3) is 4.33. The number of nitro groups is 1. The zero-order valence-electron chi connectivity index (χ0n) is 15.2. The number of nitrogens with one attached hydrogen (secondary N) is 2. The molecule has 1 heterocycles. The second kappa shape index (κ2) is 8.13. The summed E-state index contributed by atoms with van der Waals surface area (Å²) in [6.07, 6.45) is 1.50. The van der Waals surface area contributed by atoms with Gasteiger partial charge in [0.1, 0.15) is 0 Å². The highest BCUT2D eigenvalue weighted by Crippen LogP contribution is 2.15. The Hall–Kier alpha value is -4.33. The Bertz CT molecular complexity index is 1180. The Kier molecular flexibility index (Phi) is 5.06. The number of nitrogens with zero attached hydrogens (tertiary/aromatic N) is 4. The molecule has 4 rings (SSSR count). The van der Waals surface area contributed by atoms with Gasteiger partial charge in [0.15, 0.2) is 11.7 Å². The maximum atomic E-state index is 10.9. The van der Waals surface area contributed by atoms with Crippen molar-refractivity contribution in [2.24, 2.45) is 10.1 Å². The first kappa shape index (κ1) is 18.1. The van der Waals surface area contributed by atoms with Crippen molar-refractivity contribution in [3.63, 3.8) is 0 Å². The van der Waals surface area contributed by atoms with E-state index >= 15 is 0 Å². The highest BCUT2D eigenvalue weighted by molar-refractivity contribution is 6.00. The van der Waals surface area contributed by atoms with Gasteiger partial charge in [0.2, 0.25) is 0 Å². The molecule has 0 spiro atoms. The molecule has 0 amide bonds. The van der Waals surface area contributed by atoms with Crippen molar-refractivity contribution < 1.29 is 4.92 Å². The van der Waals surface area contributed by atoms with Gasteiger partial charge in [-0.15, -0.1) is 0 Å². The van der Waals surface area contributed by atoms with Crippen LogP contribution in [0.25, 0.3) is 11.0 Å². The third-order valence-electron chi connectivity index (χ3n) is 4.08. The number of benzene rings is 3. The normalized spacial score (nSPS) is 11.8. The fraction of sp³-hybridized carbons (Fsp3) is 0. The van der Waals surface area contributed by atoms with Crippen LogP contribution in [0.2, 0.25) is 0 Å². The van der Waals surface area contributed by atoms with Crippen LogP contribution < -0.4 is 5.43 Å². The summed E-state index contributed by atoms with van der Waals surface area (Å²) in [6, 6.07) is 23.3. The van der Waals surface area contributed by atoms with Gasteiger partial charge in [0.05, 0.1) is 27.9 Å². The summed E-state index contributed by atoms with van der Waals surface area (Å²) in [6.45, 7) is 0. The predicted molar refractivity (Wildman–Crippen MR) is 113 cm³/mol. The smallest absolute Gasteiger partial charge is 0.270 e. The number of para-hydroxylation sites is 3. The number of H-pyrrole nitrogens is 1. The molecule has 0 unspecified atom stereocenters. The molecule has 0 saturated carbocycles. The number of fused-ring (bicyclic) bond motifs is 1. The Labute approximate surface area is 165 Å². The summed E-state index contributed by atoms with van der Waals surface area (Å²) in [4.78, 5) is 22.9. The minimum Gasteiger partial charge on any atom is -0.335 e. The minimum atomic E-state index is -0.443. The lowest BCUT2D eigenvalue weighted by molar-refractivity contribution is -0.384. The number of aliphatic imine (C=N–C) groups is 1. The van der Waals surface area contributed by atoms with Crippen LogP contribution in [-0.2, 0) is 0 Å². The van der Waals surface area contributed by atoms with Crippen molar-refractivity contribution in [1.29, 1.82) is 0 Å². The number of non-ortho nitro benzene ring substituents is 1. The first-order valence-electron chi connectivity index (χ1n) is 8.81. The second-order valence-electron chi connectivity index (χ2n) is 6.12. The highest BCUT2D eigenvalue weighted by atomic mass is 16.6. The van der Waals surface area contributed by atoms with Gasteiger partial charge < -0.3 is 4.98 Å². The minimum absolute atomic E-state index is 0.00408. The van der Waals surface area contributed by atoms with Gasteiger partial charge in [0, 0.05) is 17.7 Å². The van der Waals surface area contributed by atoms with E-state index in [0.717, 1.165) is 16.7 Å². The van der Waals surface area contributed by atoms with E-state index in [4.69, 9.17) is 0 Å². The lowest BCUT2D eigenvalue weighted by atomic mass is 10.2. The maximum Gasteiger partial charge on any atom is 0.270 e. The molecule has 0 aliphatic heterocycles. The van der Waals surface area contributed by atoms with E-state index < -0.39 is 4.92 Å². The van der Waals surface area contributed by atoms with Crippen LogP contribution >= 0.6 is 0 Å². The van der Waals surface area contributed by atoms with E-state index in [2.05, 4.69) is 25.5 Å². The number of hydrogen-bond acceptors (Lipinski definition) is 5. The molecule has 0 atom stereocenters. The molecule has 8 nitrogen and oxygen atoms in total. The van der Waals surface area contributed by atoms with E-state index in [0.29, 0.717) is 17.2 Å². The summed E-state index contributed by atoms with van der Waals surface area (Å²) in [7, 11) is 0. The molecule has 1 aromatic heterocycles. The van der Waals surface area contributed by atoms with Crippen LogP contribution in [0.5, 0.6) is 0 Å². The summed E-state index contributed by atoms with van der Waals surface area (Å²) >= 11 is 0. The first-order valence-corrected chi connectivity index (χ1v) is 8.81. The number of hydrogen-bond donors (Lipinski definition) is 2. The van der Waals surface area contributed by atoms with Gasteiger partial charge in [-0.3, -0.25) is 15.5 Å². The molecule has 142 valence electrons. The summed E-state index contributed by atoms with van der Waals surface area (Å²) < 4.78 is 0. The summed E-state index contributed by atoms with van der Waals surface area (Å²) in [5, 5.41) is 15.1. The number of imidazole rings is 1. The molecule has 3 aromatic carbocycles. The van der Waals surface area contributed by atoms with Crippen LogP contribution in [0.1, 0.15) is 11.4 Å². The molecule has 0 bridgehead atoms. The zero-order chi connectivity index (χ0) is 20.1. The third-order valence-corrected chi connectivity index (χ3v) is 4.08. The van der Waals surface area contributed by atoms with Crippen LogP contribution in [0, 0.1) is 10.1 Å². The van der Waals surface area contributed by atoms with Gasteiger partial charge in [-0.2, -0.15) is 5.10 Å². The Morgan fingerprint density at radius 2 is 1.83 bits per heavy atom. The standard InChI is InChI=1S/C21H16N6O2/c28-27(29)17-10-6-7-15(13-17)14-22-26-21(23-16-8-2-1-3-9-16)20-24-18-11-4-5-12-19(18)25-20/h1-14H,(H,23,26)(H,24,25). The van der Waals surface area contributed by atoms with Crippen LogP contribution in [-0.4, -0.2) is 26.9 Å². The van der Waals surface area contributed by atoms with Crippen molar-refractivity contribution in [3.05, 3.63) is 100 Å². The number of aromatic nitrogens is 2. The molecule has 0 saturated heterocycles. The second-order valence-corrected chi connectivity index (χ2v) is 6.12. The highest BCUT2D eigenvalue weighted by Gasteiger charge is 2.10. The number of hydrazone groups is 1. The lowest BCUT2D eigenvalue weighted by Crippen LogP contribution is -2.20. The molecule has 2 N–H and O–H groups in total. The van der Waals surface area contributed by atoms with Crippen LogP contribution in [0.4, 0.5) is 11.4 Å². The van der Waals surface area contributed by atoms with E-state index in [-0.39, 0.29) is 5.69 Å². The molecule has 0 radical (unpaired) electrons. The average Bonchev–Trinajstić information content (AvgIpc) is 3.18. The molecule has 29 heavy (non-hydrogen) atoms. The molecular weight excluding hydrogens is 368 g/mol. The van der Waals surface area contributed by atoms with Crippen molar-refractivity contribution in [2.75, 3.05) is 0 Å². The Balaban J connectivity index is 1.65. The largest absolute Gasteiger partial charge is 0.335 e. The van der Waals surface area contributed by atoms with Crippen molar-refractivity contribution in [2.45, 2.75) is 0 Å². The van der Waals surface area contributed by atoms with Gasteiger partial charge in [-0.1, -0.05) is 42.5 Å². The van der Waals surface area contributed by atoms with Crippen LogP contribution in [0.15, 0.2) is 89.0 Å². The van der Waals surface area contributed by atoms with E-state index in [1.807, 2.05) is 54.6 Å². The number of nitro benzene ring substituents is 1. The van der Waals surface area contributed by atoms with Gasteiger partial charge >= 0.3 is 0 Å². The van der Waals surface area contributed by atoms with Crippen LogP contribution in [0.3, 0.4) is 0 Å². The fourth-order valence-corrected chi connectivity index (χ4v) is 2.71. The molecule has 0 aliphatic rings. The quantitative estimate of drug-likeness (QED) is 0.233. The topological polar surface area (TPSA) is 109 Å². The molecule has 4 aromatic rings. The van der Waals surface area contributed by atoms with Gasteiger partial charge in [0.25, 0.3) is 5.69 Å². The molecule has 0 aliphatic carbocycles. The van der Waals surface area contributed by atoms with Crippen molar-refractivity contribution in [1.82, 2.24) is 15.4 Å². The maximum absolute atomic E-state index is 10.9. The average molecular weight is 384 g/mol. The number of aromatic amines is 1. The first-order chi connectivity index (χ1) is 14.2. The van der Waals surface area contributed by atoms with E-state index in [1.54, 1.807) is 12.1 Å². The number of rotatable bonds is 5. The lowest BCUT2D eigenvalue weighted by Gasteiger charge is -2.03. The summed E-state index contributed by atoms with van der Waals surface area (Å²) in [5.41, 5.74) is 5.93. The summed E-state index contributed by atoms with van der Waals surface area (Å²) in [5.74, 6) is 0.959. The Morgan fingerprint density at radius 1 is 1.03 bits per heavy atom. The molecule has 0 fully saturated rings. The SMILES string of the molecule is O=[N+]([O-])c1cccc(C=NNC(=Nc2ccccc2)c2nc3ccccc3[nH]2)c1. The van der Waals surface area contributed by atoms with Gasteiger partial charge in [-0.25, -0.2) is 9.98 Å².